The third kappa shape index (κ3) is 16.0. The first-order valence-electron chi connectivity index (χ1n) is 21.2. The summed E-state index contributed by atoms with van der Waals surface area (Å²) in [7, 11) is 2.39. The lowest BCUT2D eigenvalue weighted by Crippen LogP contribution is -2.18. The van der Waals surface area contributed by atoms with E-state index in [4.69, 9.17) is 18.9 Å². The molecule has 8 heteroatoms. The number of benzene rings is 3. The second kappa shape index (κ2) is 27.2. The summed E-state index contributed by atoms with van der Waals surface area (Å²) in [5.74, 6) is -1.38. The van der Waals surface area contributed by atoms with Crippen molar-refractivity contribution in [2.45, 2.75) is 142 Å². The van der Waals surface area contributed by atoms with Crippen molar-refractivity contribution in [1.29, 1.82) is 0 Å². The van der Waals surface area contributed by atoms with Gasteiger partial charge in [-0.3, -0.25) is 9.59 Å². The van der Waals surface area contributed by atoms with Crippen molar-refractivity contribution in [2.24, 2.45) is 0 Å². The van der Waals surface area contributed by atoms with Crippen LogP contribution in [0.15, 0.2) is 60.7 Å². The molecule has 8 nitrogen and oxygen atoms in total. The van der Waals surface area contributed by atoms with E-state index in [9.17, 15) is 19.2 Å². The Hall–Kier alpha value is -4.46. The van der Waals surface area contributed by atoms with Crippen LogP contribution in [-0.2, 0) is 9.47 Å². The van der Waals surface area contributed by atoms with Crippen LogP contribution in [0.3, 0.4) is 0 Å². The molecule has 0 spiro atoms. The highest BCUT2D eigenvalue weighted by molar-refractivity contribution is 6.20. The molecule has 0 aliphatic carbocycles. The van der Waals surface area contributed by atoms with Gasteiger partial charge in [0.15, 0.2) is 11.6 Å². The Morgan fingerprint density at radius 1 is 0.393 bits per heavy atom. The van der Waals surface area contributed by atoms with E-state index in [0.717, 1.165) is 25.7 Å². The van der Waals surface area contributed by atoms with Crippen LogP contribution in [-0.4, -0.2) is 50.9 Å². The topological polar surface area (TPSA) is 105 Å². The van der Waals surface area contributed by atoms with Gasteiger partial charge < -0.3 is 18.9 Å². The van der Waals surface area contributed by atoms with Crippen molar-refractivity contribution in [3.05, 3.63) is 94.0 Å². The number of ether oxygens (including phenoxy) is 4. The summed E-state index contributed by atoms with van der Waals surface area (Å²) in [6, 6.07) is 15.8. The predicted molar refractivity (Wildman–Crippen MR) is 224 cm³/mol. The molecule has 56 heavy (non-hydrogen) atoms. The first-order valence-corrected chi connectivity index (χ1v) is 21.2. The van der Waals surface area contributed by atoms with Crippen molar-refractivity contribution < 1.29 is 38.1 Å². The van der Waals surface area contributed by atoms with Gasteiger partial charge >= 0.3 is 11.9 Å². The minimum Gasteiger partial charge on any atom is -0.494 e. The highest BCUT2D eigenvalue weighted by Gasteiger charge is 2.28. The molecule has 0 bridgehead atoms. The van der Waals surface area contributed by atoms with Crippen LogP contribution >= 0.6 is 0 Å². The number of carbonyl (C=O) groups is 4. The quantitative estimate of drug-likeness (QED) is 0.0375. The Bertz CT molecular complexity index is 1490. The number of unbranched alkanes of at least 4 members (excludes halogenated alkanes) is 18. The van der Waals surface area contributed by atoms with Crippen LogP contribution in [0.1, 0.15) is 195 Å². The molecule has 0 aromatic heterocycles. The van der Waals surface area contributed by atoms with Crippen molar-refractivity contribution >= 4 is 23.5 Å². The predicted octanol–water partition coefficient (Wildman–Crippen LogP) is 12.3. The van der Waals surface area contributed by atoms with E-state index in [0.29, 0.717) is 24.7 Å². The number of hydrogen-bond donors (Lipinski definition) is 0. The Kier molecular flexibility index (Phi) is 22.3. The zero-order valence-corrected chi connectivity index (χ0v) is 34.6. The number of ketones is 2. The number of hydrogen-bond acceptors (Lipinski definition) is 8. The molecule has 0 N–H and O–H groups in total. The Labute approximate surface area is 336 Å². The maximum absolute atomic E-state index is 13.8. The third-order valence-corrected chi connectivity index (χ3v) is 10.2. The maximum atomic E-state index is 13.8. The largest absolute Gasteiger partial charge is 0.494 e. The fourth-order valence-electron chi connectivity index (χ4n) is 6.81. The summed E-state index contributed by atoms with van der Waals surface area (Å²) in [6.45, 7) is 5.65. The van der Waals surface area contributed by atoms with Gasteiger partial charge in [0.25, 0.3) is 0 Å². The van der Waals surface area contributed by atoms with E-state index in [1.807, 2.05) is 0 Å². The molecule has 3 aromatic rings. The van der Waals surface area contributed by atoms with Gasteiger partial charge in [-0.25, -0.2) is 9.59 Å². The summed E-state index contributed by atoms with van der Waals surface area (Å²) in [5, 5.41) is 0. The maximum Gasteiger partial charge on any atom is 0.338 e. The lowest BCUT2D eigenvalue weighted by molar-refractivity contribution is 0.0583. The van der Waals surface area contributed by atoms with Gasteiger partial charge in [0.05, 0.1) is 38.6 Å². The first kappa shape index (κ1) is 45.9. The molecule has 0 amide bonds. The third-order valence-electron chi connectivity index (χ3n) is 10.2. The fraction of sp³-hybridized carbons (Fsp3) is 0.542. The molecule has 0 unspecified atom stereocenters. The van der Waals surface area contributed by atoms with Crippen LogP contribution in [0.5, 0.6) is 11.5 Å². The SMILES string of the molecule is CCCCCCCCCCCCOc1ccc(C(=O)c2cc(C(=O)OC)c(C(=O)c3ccc(OCCCCCCCCCCCC)cc3)cc2C(=O)OC)cc1. The molecular formula is C48H66O8. The minimum atomic E-state index is -0.814. The van der Waals surface area contributed by atoms with Crippen LogP contribution < -0.4 is 9.47 Å². The van der Waals surface area contributed by atoms with Crippen LogP contribution in [0, 0.1) is 0 Å². The summed E-state index contributed by atoms with van der Waals surface area (Å²) >= 11 is 0. The van der Waals surface area contributed by atoms with Crippen molar-refractivity contribution in [2.75, 3.05) is 27.4 Å². The Morgan fingerprint density at radius 2 is 0.679 bits per heavy atom. The van der Waals surface area contributed by atoms with Crippen LogP contribution in [0.25, 0.3) is 0 Å². The second-order valence-corrected chi connectivity index (χ2v) is 14.7. The molecule has 0 saturated heterocycles. The Balaban J connectivity index is 1.61. The van der Waals surface area contributed by atoms with Gasteiger partial charge in [0.1, 0.15) is 11.5 Å². The van der Waals surface area contributed by atoms with Gasteiger partial charge in [-0.2, -0.15) is 0 Å². The molecule has 0 radical (unpaired) electrons. The molecule has 0 aliphatic rings. The van der Waals surface area contributed by atoms with E-state index in [-0.39, 0.29) is 33.4 Å². The smallest absolute Gasteiger partial charge is 0.338 e. The summed E-state index contributed by atoms with van der Waals surface area (Å²) in [5.41, 5.74) is 0.138. The summed E-state index contributed by atoms with van der Waals surface area (Å²) in [6.07, 6.45) is 24.8. The molecule has 0 heterocycles. The molecule has 0 saturated carbocycles. The lowest BCUT2D eigenvalue weighted by Gasteiger charge is -2.14. The Morgan fingerprint density at radius 3 is 0.964 bits per heavy atom. The van der Waals surface area contributed by atoms with Gasteiger partial charge in [-0.1, -0.05) is 129 Å². The molecule has 0 aliphatic heterocycles. The van der Waals surface area contributed by atoms with E-state index in [1.165, 1.54) is 129 Å². The second-order valence-electron chi connectivity index (χ2n) is 14.7. The van der Waals surface area contributed by atoms with E-state index in [2.05, 4.69) is 13.8 Å². The van der Waals surface area contributed by atoms with E-state index >= 15 is 0 Å². The number of rotatable bonds is 30. The minimum absolute atomic E-state index is 0.0800. The molecule has 0 fully saturated rings. The average molecular weight is 771 g/mol. The van der Waals surface area contributed by atoms with Gasteiger partial charge in [0.2, 0.25) is 0 Å². The van der Waals surface area contributed by atoms with E-state index in [1.54, 1.807) is 48.5 Å². The zero-order chi connectivity index (χ0) is 40.4. The standard InChI is InChI=1S/C48H66O8/c1-5-7-9-11-13-15-17-19-21-23-33-55-39-29-25-37(26-30-39)45(49)41-35-44(48(52)54-4)42(36-43(41)47(51)53-3)46(50)38-27-31-40(32-28-38)56-34-24-22-20-18-16-14-12-10-8-6-2/h25-32,35-36H,5-24,33-34H2,1-4H3. The lowest BCUT2D eigenvalue weighted by atomic mass is 9.90. The highest BCUT2D eigenvalue weighted by atomic mass is 16.5. The normalized spacial score (nSPS) is 10.9. The fourth-order valence-corrected chi connectivity index (χ4v) is 6.81. The van der Waals surface area contributed by atoms with Crippen LogP contribution in [0.4, 0.5) is 0 Å². The number of methoxy groups -OCH3 is 2. The zero-order valence-electron chi connectivity index (χ0n) is 34.6. The van der Waals surface area contributed by atoms with Crippen molar-refractivity contribution in [3.63, 3.8) is 0 Å². The summed E-state index contributed by atoms with van der Waals surface area (Å²) < 4.78 is 21.8. The molecule has 0 atom stereocenters. The number of carbonyl (C=O) groups excluding carboxylic acids is 4. The van der Waals surface area contributed by atoms with E-state index < -0.39 is 23.5 Å². The monoisotopic (exact) mass is 770 g/mol. The van der Waals surface area contributed by atoms with Crippen molar-refractivity contribution in [3.8, 4) is 11.5 Å². The van der Waals surface area contributed by atoms with Gasteiger partial charge in [-0.15, -0.1) is 0 Å². The highest BCUT2D eigenvalue weighted by Crippen LogP contribution is 2.26. The molecule has 3 rings (SSSR count). The van der Waals surface area contributed by atoms with Gasteiger partial charge in [0, 0.05) is 22.3 Å². The summed E-state index contributed by atoms with van der Waals surface area (Å²) in [4.78, 5) is 53.7. The molecule has 3 aromatic carbocycles. The molecule has 306 valence electrons. The molecular weight excluding hydrogens is 705 g/mol. The number of esters is 2. The first-order chi connectivity index (χ1) is 27.3. The van der Waals surface area contributed by atoms with Crippen LogP contribution in [0.2, 0.25) is 0 Å². The van der Waals surface area contributed by atoms with Gasteiger partial charge in [-0.05, 0) is 73.5 Å². The average Bonchev–Trinajstić information content (AvgIpc) is 3.23. The van der Waals surface area contributed by atoms with Crippen molar-refractivity contribution in [1.82, 2.24) is 0 Å².